The van der Waals surface area contributed by atoms with Gasteiger partial charge in [-0.3, -0.25) is 0 Å². The van der Waals surface area contributed by atoms with Gasteiger partial charge in [-0.2, -0.15) is 10.2 Å². The molecule has 6 heteroatoms. The van der Waals surface area contributed by atoms with Gasteiger partial charge in [-0.05, 0) is 74.4 Å². The van der Waals surface area contributed by atoms with Gasteiger partial charge in [-0.25, -0.2) is 4.79 Å². The summed E-state index contributed by atoms with van der Waals surface area (Å²) in [6, 6.07) is 17.8. The quantitative estimate of drug-likeness (QED) is 0.131. The van der Waals surface area contributed by atoms with Gasteiger partial charge in [0.15, 0.2) is 0 Å². The van der Waals surface area contributed by atoms with E-state index in [1.165, 1.54) is 18.4 Å². The van der Waals surface area contributed by atoms with Crippen molar-refractivity contribution in [2.75, 3.05) is 6.61 Å². The van der Waals surface area contributed by atoms with E-state index in [9.17, 15) is 4.79 Å². The smallest absolute Gasteiger partial charge is 0.343 e. The van der Waals surface area contributed by atoms with Gasteiger partial charge in [0, 0.05) is 0 Å². The summed E-state index contributed by atoms with van der Waals surface area (Å²) in [5.41, 5.74) is 4.00. The second kappa shape index (κ2) is 12.2. The third-order valence-corrected chi connectivity index (χ3v) is 5.40. The van der Waals surface area contributed by atoms with Crippen molar-refractivity contribution in [2.45, 2.75) is 46.5 Å². The predicted octanol–water partition coefficient (Wildman–Crippen LogP) is 8.55. The molecule has 172 valence electrons. The van der Waals surface area contributed by atoms with Crippen LogP contribution in [0, 0.1) is 13.8 Å². The Balaban J connectivity index is 1.58. The second-order valence-electron chi connectivity index (χ2n) is 7.93. The number of ether oxygens (including phenoxy) is 2. The van der Waals surface area contributed by atoms with Gasteiger partial charge in [-0.15, -0.1) is 0 Å². The van der Waals surface area contributed by atoms with Gasteiger partial charge in [0.25, 0.3) is 0 Å². The molecule has 33 heavy (non-hydrogen) atoms. The van der Waals surface area contributed by atoms with Crippen molar-refractivity contribution in [3.8, 4) is 11.5 Å². The molecule has 0 saturated heterocycles. The number of halogens is 1. The molecule has 0 N–H and O–H groups in total. The Kier molecular flexibility index (Phi) is 9.02. The van der Waals surface area contributed by atoms with Gasteiger partial charge in [0.2, 0.25) is 0 Å². The van der Waals surface area contributed by atoms with Crippen LogP contribution in [0.25, 0.3) is 0 Å². The summed E-state index contributed by atoms with van der Waals surface area (Å²) < 4.78 is 11.2. The molecule has 0 radical (unpaired) electrons. The molecule has 3 aromatic carbocycles. The van der Waals surface area contributed by atoms with Gasteiger partial charge in [-0.1, -0.05) is 55.5 Å². The molecule has 0 spiro atoms. The van der Waals surface area contributed by atoms with Gasteiger partial charge < -0.3 is 9.47 Å². The Bertz CT molecular complexity index is 1110. The summed E-state index contributed by atoms with van der Waals surface area (Å²) in [6.07, 6.45) is 4.59. The lowest BCUT2D eigenvalue weighted by Gasteiger charge is -2.08. The fraction of sp³-hybridized carbons (Fsp3) is 0.296. The van der Waals surface area contributed by atoms with Crippen molar-refractivity contribution in [2.24, 2.45) is 10.2 Å². The number of hydrogen-bond donors (Lipinski definition) is 0. The largest absolute Gasteiger partial charge is 0.494 e. The van der Waals surface area contributed by atoms with Crippen LogP contribution in [-0.2, 0) is 0 Å². The molecular weight excluding hydrogens is 436 g/mol. The standard InChI is InChI=1S/C27H29ClN2O3/c1-4-5-6-7-16-32-23-12-9-21(10-13-23)27(31)33-26-15-11-22(18-24(26)28)29-30-25-14-8-19(2)17-20(25)3/h8-15,17-18H,4-7,16H2,1-3H3. The third-order valence-electron chi connectivity index (χ3n) is 5.10. The molecule has 0 heterocycles. The number of carbonyl (C=O) groups excluding carboxylic acids is 1. The Morgan fingerprint density at radius 1 is 0.909 bits per heavy atom. The molecule has 0 aliphatic carbocycles. The van der Waals surface area contributed by atoms with E-state index < -0.39 is 5.97 Å². The minimum atomic E-state index is -0.490. The van der Waals surface area contributed by atoms with E-state index in [1.54, 1.807) is 42.5 Å². The first-order valence-electron chi connectivity index (χ1n) is 11.2. The van der Waals surface area contributed by atoms with Crippen molar-refractivity contribution in [1.82, 2.24) is 0 Å². The summed E-state index contributed by atoms with van der Waals surface area (Å²) in [6.45, 7) is 6.87. The summed E-state index contributed by atoms with van der Waals surface area (Å²) in [5, 5.41) is 8.81. The van der Waals surface area contributed by atoms with E-state index in [1.807, 2.05) is 26.0 Å². The number of benzene rings is 3. The number of nitrogens with zero attached hydrogens (tertiary/aromatic N) is 2. The van der Waals surface area contributed by atoms with E-state index in [0.29, 0.717) is 17.9 Å². The van der Waals surface area contributed by atoms with Gasteiger partial charge in [0.1, 0.15) is 11.5 Å². The van der Waals surface area contributed by atoms with Crippen LogP contribution in [0.15, 0.2) is 70.9 Å². The number of aryl methyl sites for hydroxylation is 2. The first-order valence-corrected chi connectivity index (χ1v) is 11.6. The van der Waals surface area contributed by atoms with E-state index in [0.717, 1.165) is 29.8 Å². The van der Waals surface area contributed by atoms with Crippen LogP contribution in [0.3, 0.4) is 0 Å². The lowest BCUT2D eigenvalue weighted by atomic mass is 10.1. The Labute approximate surface area is 200 Å². The lowest BCUT2D eigenvalue weighted by Crippen LogP contribution is -2.08. The molecule has 0 amide bonds. The Morgan fingerprint density at radius 2 is 1.70 bits per heavy atom. The molecule has 0 aliphatic heterocycles. The normalized spacial score (nSPS) is 11.0. The Hall–Kier alpha value is -3.18. The van der Waals surface area contributed by atoms with Crippen LogP contribution in [0.5, 0.6) is 11.5 Å². The molecule has 0 aromatic heterocycles. The van der Waals surface area contributed by atoms with Crippen LogP contribution in [0.2, 0.25) is 5.02 Å². The Morgan fingerprint density at radius 3 is 2.39 bits per heavy atom. The van der Waals surface area contributed by atoms with Crippen molar-refractivity contribution in [1.29, 1.82) is 0 Å². The SMILES string of the molecule is CCCCCCOc1ccc(C(=O)Oc2ccc(N=Nc3ccc(C)cc3C)cc2Cl)cc1. The number of unbranched alkanes of at least 4 members (excludes halogenated alkanes) is 3. The van der Waals surface area contributed by atoms with Gasteiger partial charge >= 0.3 is 5.97 Å². The maximum atomic E-state index is 12.5. The van der Waals surface area contributed by atoms with Crippen molar-refractivity contribution >= 4 is 28.9 Å². The van der Waals surface area contributed by atoms with Crippen LogP contribution in [-0.4, -0.2) is 12.6 Å². The molecule has 0 unspecified atom stereocenters. The van der Waals surface area contributed by atoms with E-state index >= 15 is 0 Å². The average Bonchev–Trinajstić information content (AvgIpc) is 2.80. The lowest BCUT2D eigenvalue weighted by molar-refractivity contribution is 0.0735. The molecule has 0 saturated carbocycles. The zero-order valence-electron chi connectivity index (χ0n) is 19.3. The minimum absolute atomic E-state index is 0.267. The third kappa shape index (κ3) is 7.43. The highest BCUT2D eigenvalue weighted by Gasteiger charge is 2.12. The minimum Gasteiger partial charge on any atom is -0.494 e. The fourth-order valence-electron chi connectivity index (χ4n) is 3.23. The highest BCUT2D eigenvalue weighted by atomic mass is 35.5. The number of esters is 1. The zero-order chi connectivity index (χ0) is 23.6. The number of azo groups is 1. The molecule has 0 bridgehead atoms. The molecule has 3 aromatic rings. The zero-order valence-corrected chi connectivity index (χ0v) is 20.1. The molecular formula is C27H29ClN2O3. The molecule has 3 rings (SSSR count). The summed E-state index contributed by atoms with van der Waals surface area (Å²) in [7, 11) is 0. The number of hydrogen-bond acceptors (Lipinski definition) is 5. The summed E-state index contributed by atoms with van der Waals surface area (Å²) >= 11 is 6.31. The topological polar surface area (TPSA) is 60.2 Å². The second-order valence-corrected chi connectivity index (χ2v) is 8.33. The average molecular weight is 465 g/mol. The maximum Gasteiger partial charge on any atom is 0.343 e. The monoisotopic (exact) mass is 464 g/mol. The fourth-order valence-corrected chi connectivity index (χ4v) is 3.44. The summed E-state index contributed by atoms with van der Waals surface area (Å²) in [4.78, 5) is 12.5. The van der Waals surface area contributed by atoms with Crippen LogP contribution >= 0.6 is 11.6 Å². The first-order chi connectivity index (χ1) is 16.0. The van der Waals surface area contributed by atoms with Crippen molar-refractivity contribution < 1.29 is 14.3 Å². The predicted molar refractivity (Wildman–Crippen MR) is 133 cm³/mol. The van der Waals surface area contributed by atoms with E-state index in [-0.39, 0.29) is 10.8 Å². The molecule has 0 fully saturated rings. The molecule has 0 aliphatic rings. The van der Waals surface area contributed by atoms with E-state index in [4.69, 9.17) is 21.1 Å². The first kappa shape index (κ1) is 24.5. The highest BCUT2D eigenvalue weighted by molar-refractivity contribution is 6.32. The number of rotatable bonds is 10. The number of carbonyl (C=O) groups is 1. The molecule has 0 atom stereocenters. The van der Waals surface area contributed by atoms with Crippen LogP contribution in [0.4, 0.5) is 11.4 Å². The maximum absolute atomic E-state index is 12.5. The van der Waals surface area contributed by atoms with Crippen LogP contribution in [0.1, 0.15) is 54.1 Å². The van der Waals surface area contributed by atoms with Crippen LogP contribution < -0.4 is 9.47 Å². The van der Waals surface area contributed by atoms with Crippen molar-refractivity contribution in [3.05, 3.63) is 82.4 Å². The van der Waals surface area contributed by atoms with Crippen molar-refractivity contribution in [3.63, 3.8) is 0 Å². The molecule has 5 nitrogen and oxygen atoms in total. The van der Waals surface area contributed by atoms with Gasteiger partial charge in [0.05, 0.1) is 28.6 Å². The summed E-state index contributed by atoms with van der Waals surface area (Å²) in [5.74, 6) is 0.513. The van der Waals surface area contributed by atoms with E-state index in [2.05, 4.69) is 23.2 Å². The highest BCUT2D eigenvalue weighted by Crippen LogP contribution is 2.31.